The maximum absolute atomic E-state index is 11.7. The largest absolute Gasteiger partial charge is 0.506 e. The Morgan fingerprint density at radius 3 is 2.04 bits per heavy atom. The Balaban J connectivity index is 2.92. The first-order chi connectivity index (χ1) is 11.5. The molecule has 13 heteroatoms. The summed E-state index contributed by atoms with van der Waals surface area (Å²) in [4.78, 5) is 22.5. The first-order valence-corrected chi connectivity index (χ1v) is 6.75. The number of esters is 1. The molecular formula is C12H18O13. The van der Waals surface area contributed by atoms with E-state index in [1.807, 2.05) is 0 Å². The first kappa shape index (κ1) is 21.0. The number of aliphatic hydroxyl groups excluding tert-OH is 8. The number of rotatable bonds is 6. The van der Waals surface area contributed by atoms with Crippen LogP contribution in [0.4, 0.5) is 0 Å². The SMILES string of the molecule is O=C(O[C@@H]1O[C@H](C(=O)O)[C@@H](O)[C@H](O)[C@H]1O)/C(O)=C(/O)[C@H](O)[C@@H](O)CO. The van der Waals surface area contributed by atoms with Crippen molar-refractivity contribution in [2.75, 3.05) is 6.61 Å². The van der Waals surface area contributed by atoms with E-state index in [1.165, 1.54) is 0 Å². The van der Waals surface area contributed by atoms with Gasteiger partial charge in [-0.25, -0.2) is 9.59 Å². The van der Waals surface area contributed by atoms with E-state index in [0.717, 1.165) is 0 Å². The van der Waals surface area contributed by atoms with Crippen LogP contribution in [-0.2, 0) is 19.1 Å². The van der Waals surface area contributed by atoms with Gasteiger partial charge in [0.05, 0.1) is 6.61 Å². The quantitative estimate of drug-likeness (QED) is 0.122. The summed E-state index contributed by atoms with van der Waals surface area (Å²) in [6.07, 6.45) is -14.6. The van der Waals surface area contributed by atoms with Crippen LogP contribution in [0.15, 0.2) is 11.5 Å². The zero-order valence-electron chi connectivity index (χ0n) is 12.4. The van der Waals surface area contributed by atoms with E-state index in [4.69, 9.17) is 15.3 Å². The molecule has 0 amide bonds. The number of ether oxygens (including phenoxy) is 2. The number of aliphatic carboxylic acids is 1. The van der Waals surface area contributed by atoms with Gasteiger partial charge in [0.1, 0.15) is 30.5 Å². The maximum Gasteiger partial charge on any atom is 0.379 e. The Bertz CT molecular complexity index is 531. The van der Waals surface area contributed by atoms with Crippen LogP contribution in [0, 0.1) is 0 Å². The van der Waals surface area contributed by atoms with Crippen LogP contribution < -0.4 is 0 Å². The monoisotopic (exact) mass is 370 g/mol. The number of carbonyl (C=O) groups excluding carboxylic acids is 1. The zero-order chi connectivity index (χ0) is 19.5. The van der Waals surface area contributed by atoms with Gasteiger partial charge in [0.25, 0.3) is 0 Å². The number of aliphatic hydroxyl groups is 8. The fourth-order valence-electron chi connectivity index (χ4n) is 1.84. The van der Waals surface area contributed by atoms with Gasteiger partial charge in [-0.1, -0.05) is 0 Å². The molecule has 13 nitrogen and oxygen atoms in total. The summed E-state index contributed by atoms with van der Waals surface area (Å²) in [7, 11) is 0. The third kappa shape index (κ3) is 4.55. The molecule has 7 atom stereocenters. The van der Waals surface area contributed by atoms with Gasteiger partial charge < -0.3 is 55.4 Å². The van der Waals surface area contributed by atoms with Crippen LogP contribution >= 0.6 is 0 Å². The average molecular weight is 370 g/mol. The molecule has 0 aromatic rings. The third-order valence-corrected chi connectivity index (χ3v) is 3.30. The standard InChI is InChI=1S/C12H18O13/c13-1-2(14)3(15)4(16)7(19)11(23)25-12-8(20)5(17)6(18)9(24-12)10(21)22/h2-3,5-6,8-9,12-20H,1H2,(H,21,22)/b7-4-/t2-,3+,5-,6-,8+,9-,12-/m0/s1. The molecule has 0 aromatic heterocycles. The van der Waals surface area contributed by atoms with Gasteiger partial charge in [0, 0.05) is 0 Å². The number of carboxylic acid groups (broad SMARTS) is 1. The lowest BCUT2D eigenvalue weighted by atomic mass is 9.99. The van der Waals surface area contributed by atoms with Crippen molar-refractivity contribution < 1.29 is 65.0 Å². The topological polar surface area (TPSA) is 235 Å². The van der Waals surface area contributed by atoms with Crippen LogP contribution in [0.5, 0.6) is 0 Å². The first-order valence-electron chi connectivity index (χ1n) is 6.75. The molecule has 0 spiro atoms. The third-order valence-electron chi connectivity index (χ3n) is 3.30. The summed E-state index contributed by atoms with van der Waals surface area (Å²) >= 11 is 0. The molecular weight excluding hydrogens is 352 g/mol. The van der Waals surface area contributed by atoms with E-state index in [-0.39, 0.29) is 0 Å². The normalized spacial score (nSPS) is 33.1. The number of hydrogen-bond acceptors (Lipinski definition) is 12. The molecule has 1 heterocycles. The van der Waals surface area contributed by atoms with Crippen molar-refractivity contribution >= 4 is 11.9 Å². The molecule has 1 rings (SSSR count). The smallest absolute Gasteiger partial charge is 0.379 e. The summed E-state index contributed by atoms with van der Waals surface area (Å²) in [5, 5.41) is 83.3. The molecule has 144 valence electrons. The van der Waals surface area contributed by atoms with E-state index in [9.17, 15) is 40.2 Å². The fourth-order valence-corrected chi connectivity index (χ4v) is 1.84. The van der Waals surface area contributed by atoms with Crippen LogP contribution in [-0.4, -0.2) is 107 Å². The van der Waals surface area contributed by atoms with Crippen LogP contribution in [0.3, 0.4) is 0 Å². The van der Waals surface area contributed by atoms with Crippen molar-refractivity contribution in [3.63, 3.8) is 0 Å². The fraction of sp³-hybridized carbons (Fsp3) is 0.667. The number of hydrogen-bond donors (Lipinski definition) is 9. The number of carboxylic acids is 1. The predicted molar refractivity (Wildman–Crippen MR) is 71.8 cm³/mol. The molecule has 25 heavy (non-hydrogen) atoms. The summed E-state index contributed by atoms with van der Waals surface area (Å²) in [5.41, 5.74) is 0. The van der Waals surface area contributed by atoms with Gasteiger partial charge in [-0.15, -0.1) is 0 Å². The predicted octanol–water partition coefficient (Wildman–Crippen LogP) is -4.54. The Kier molecular flexibility index (Phi) is 7.06. The van der Waals surface area contributed by atoms with Gasteiger partial charge in [-0.05, 0) is 0 Å². The van der Waals surface area contributed by atoms with Crippen molar-refractivity contribution in [2.45, 2.75) is 42.9 Å². The van der Waals surface area contributed by atoms with E-state index >= 15 is 0 Å². The van der Waals surface area contributed by atoms with Gasteiger partial charge in [0.15, 0.2) is 11.9 Å². The average Bonchev–Trinajstić information content (AvgIpc) is 2.58. The number of carbonyl (C=O) groups is 2. The summed E-state index contributed by atoms with van der Waals surface area (Å²) in [6, 6.07) is 0. The van der Waals surface area contributed by atoms with E-state index in [1.54, 1.807) is 0 Å². The molecule has 1 saturated heterocycles. The molecule has 1 fully saturated rings. The molecule has 0 saturated carbocycles. The van der Waals surface area contributed by atoms with E-state index in [0.29, 0.717) is 0 Å². The summed E-state index contributed by atoms with van der Waals surface area (Å²) in [5.74, 6) is -6.68. The van der Waals surface area contributed by atoms with Crippen LogP contribution in [0.2, 0.25) is 0 Å². The van der Waals surface area contributed by atoms with Crippen molar-refractivity contribution in [1.82, 2.24) is 0 Å². The summed E-state index contributed by atoms with van der Waals surface area (Å²) in [6.45, 7) is -1.03. The Morgan fingerprint density at radius 2 is 1.56 bits per heavy atom. The molecule has 1 aliphatic rings. The lowest BCUT2D eigenvalue weighted by molar-refractivity contribution is -0.285. The lowest BCUT2D eigenvalue weighted by Gasteiger charge is -2.37. The second kappa shape index (κ2) is 8.39. The zero-order valence-corrected chi connectivity index (χ0v) is 12.4. The van der Waals surface area contributed by atoms with Gasteiger partial charge in [-0.3, -0.25) is 0 Å². The summed E-state index contributed by atoms with van der Waals surface area (Å²) < 4.78 is 8.98. The Hall–Kier alpha value is -2.00. The second-order valence-corrected chi connectivity index (χ2v) is 5.07. The van der Waals surface area contributed by atoms with Gasteiger partial charge >= 0.3 is 11.9 Å². The van der Waals surface area contributed by atoms with Crippen molar-refractivity contribution in [3.05, 3.63) is 11.5 Å². The van der Waals surface area contributed by atoms with Crippen molar-refractivity contribution in [3.8, 4) is 0 Å². The van der Waals surface area contributed by atoms with Crippen molar-refractivity contribution in [2.24, 2.45) is 0 Å². The van der Waals surface area contributed by atoms with Crippen LogP contribution in [0.25, 0.3) is 0 Å². The molecule has 1 aliphatic heterocycles. The van der Waals surface area contributed by atoms with Gasteiger partial charge in [-0.2, -0.15) is 0 Å². The van der Waals surface area contributed by atoms with Crippen LogP contribution in [0.1, 0.15) is 0 Å². The van der Waals surface area contributed by atoms with Crippen molar-refractivity contribution in [1.29, 1.82) is 0 Å². The molecule has 9 N–H and O–H groups in total. The maximum atomic E-state index is 11.7. The molecule has 0 radical (unpaired) electrons. The Labute approximate surface area is 139 Å². The molecule has 0 aliphatic carbocycles. The lowest BCUT2D eigenvalue weighted by Crippen LogP contribution is -2.60. The minimum Gasteiger partial charge on any atom is -0.506 e. The van der Waals surface area contributed by atoms with Gasteiger partial charge in [0.2, 0.25) is 12.0 Å². The molecule has 0 aromatic carbocycles. The van der Waals surface area contributed by atoms with E-state index < -0.39 is 73.0 Å². The highest BCUT2D eigenvalue weighted by molar-refractivity contribution is 5.86. The minimum atomic E-state index is -2.26. The second-order valence-electron chi connectivity index (χ2n) is 5.07. The minimum absolute atomic E-state index is 1.03. The molecule has 0 bridgehead atoms. The Morgan fingerprint density at radius 1 is 1.00 bits per heavy atom. The highest BCUT2D eigenvalue weighted by atomic mass is 16.7. The molecule has 0 unspecified atom stereocenters. The highest BCUT2D eigenvalue weighted by Gasteiger charge is 2.49. The van der Waals surface area contributed by atoms with E-state index in [2.05, 4.69) is 9.47 Å². The highest BCUT2D eigenvalue weighted by Crippen LogP contribution is 2.23.